The van der Waals surface area contributed by atoms with Crippen LogP contribution in [0.3, 0.4) is 0 Å². The Kier molecular flexibility index (Phi) is 2.83. The van der Waals surface area contributed by atoms with Gasteiger partial charge in [0.2, 0.25) is 5.91 Å². The van der Waals surface area contributed by atoms with Crippen molar-refractivity contribution in [1.82, 2.24) is 4.90 Å². The molecule has 100 valence electrons. The van der Waals surface area contributed by atoms with E-state index in [1.54, 1.807) is 0 Å². The summed E-state index contributed by atoms with van der Waals surface area (Å²) >= 11 is 0. The number of amides is 1. The maximum absolute atomic E-state index is 12.4. The van der Waals surface area contributed by atoms with Gasteiger partial charge in [0.15, 0.2) is 0 Å². The van der Waals surface area contributed by atoms with Crippen LogP contribution in [0.25, 0.3) is 0 Å². The first-order valence-corrected chi connectivity index (χ1v) is 7.09. The summed E-state index contributed by atoms with van der Waals surface area (Å²) in [5.74, 6) is -0.0315. The molecular formula is C14H21NO3. The van der Waals surface area contributed by atoms with Gasteiger partial charge in [0.05, 0.1) is 11.8 Å². The molecule has 2 atom stereocenters. The van der Waals surface area contributed by atoms with Gasteiger partial charge in [0.1, 0.15) is 0 Å². The van der Waals surface area contributed by atoms with E-state index in [9.17, 15) is 9.59 Å². The Labute approximate surface area is 107 Å². The lowest BCUT2D eigenvalue weighted by atomic mass is 9.72. The van der Waals surface area contributed by atoms with E-state index in [-0.39, 0.29) is 11.8 Å². The first-order chi connectivity index (χ1) is 8.59. The van der Waals surface area contributed by atoms with Crippen LogP contribution in [-0.4, -0.2) is 35.0 Å². The van der Waals surface area contributed by atoms with E-state index >= 15 is 0 Å². The summed E-state index contributed by atoms with van der Waals surface area (Å²) < 4.78 is 0. The van der Waals surface area contributed by atoms with Gasteiger partial charge in [-0.15, -0.1) is 0 Å². The van der Waals surface area contributed by atoms with Gasteiger partial charge in [-0.25, -0.2) is 0 Å². The van der Waals surface area contributed by atoms with Gasteiger partial charge >= 0.3 is 5.97 Å². The molecule has 4 heteroatoms. The number of hydrogen-bond donors (Lipinski definition) is 1. The second kappa shape index (κ2) is 4.25. The first kappa shape index (κ1) is 12.0. The summed E-state index contributed by atoms with van der Waals surface area (Å²) in [6, 6.07) is 0.396. The Morgan fingerprint density at radius 2 is 1.50 bits per heavy atom. The quantitative estimate of drug-likeness (QED) is 0.809. The molecule has 2 unspecified atom stereocenters. The minimum atomic E-state index is -0.803. The lowest BCUT2D eigenvalue weighted by molar-refractivity contribution is -0.157. The predicted molar refractivity (Wildman–Crippen MR) is 65.9 cm³/mol. The molecule has 3 rings (SSSR count). The fourth-order valence-electron chi connectivity index (χ4n) is 3.39. The van der Waals surface area contributed by atoms with E-state index < -0.39 is 11.9 Å². The number of carbonyl (C=O) groups excluding carboxylic acids is 1. The second-order valence-corrected chi connectivity index (χ2v) is 6.24. The Balaban J connectivity index is 1.65. The van der Waals surface area contributed by atoms with E-state index in [0.29, 0.717) is 24.3 Å². The summed E-state index contributed by atoms with van der Waals surface area (Å²) in [7, 11) is 1.89. The molecule has 0 aromatic heterocycles. The molecule has 0 aromatic rings. The zero-order valence-electron chi connectivity index (χ0n) is 10.8. The molecule has 0 aromatic carbocycles. The average molecular weight is 251 g/mol. The molecule has 4 nitrogen and oxygen atoms in total. The average Bonchev–Trinajstić information content (AvgIpc) is 3.09. The van der Waals surface area contributed by atoms with E-state index in [4.69, 9.17) is 5.11 Å². The summed E-state index contributed by atoms with van der Waals surface area (Å²) in [4.78, 5) is 25.3. The van der Waals surface area contributed by atoms with Gasteiger partial charge in [0.25, 0.3) is 0 Å². The number of carboxylic acids is 1. The standard InChI is InChI=1S/C14H21NO3/c1-15(12(8-2-3-8)9-4-5-9)13(16)10-6-7-11(10)14(17)18/h8-12H,2-7H2,1H3,(H,17,18). The molecule has 0 spiro atoms. The van der Waals surface area contributed by atoms with Gasteiger partial charge in [-0.3, -0.25) is 9.59 Å². The van der Waals surface area contributed by atoms with Crippen LogP contribution >= 0.6 is 0 Å². The maximum Gasteiger partial charge on any atom is 0.307 e. The molecule has 18 heavy (non-hydrogen) atoms. The van der Waals surface area contributed by atoms with Crippen LogP contribution in [0.4, 0.5) is 0 Å². The zero-order valence-corrected chi connectivity index (χ0v) is 10.8. The second-order valence-electron chi connectivity index (χ2n) is 6.24. The minimum absolute atomic E-state index is 0.0810. The lowest BCUT2D eigenvalue weighted by Gasteiger charge is -2.38. The fourth-order valence-corrected chi connectivity index (χ4v) is 3.39. The van der Waals surface area contributed by atoms with E-state index in [2.05, 4.69) is 0 Å². The van der Waals surface area contributed by atoms with Crippen LogP contribution in [0.1, 0.15) is 38.5 Å². The van der Waals surface area contributed by atoms with Crippen molar-refractivity contribution in [3.63, 3.8) is 0 Å². The van der Waals surface area contributed by atoms with Crippen molar-refractivity contribution in [2.24, 2.45) is 23.7 Å². The highest BCUT2D eigenvalue weighted by molar-refractivity contribution is 5.86. The van der Waals surface area contributed by atoms with Crippen molar-refractivity contribution in [3.8, 4) is 0 Å². The minimum Gasteiger partial charge on any atom is -0.481 e. The third kappa shape index (κ3) is 2.02. The summed E-state index contributed by atoms with van der Waals surface area (Å²) in [6.07, 6.45) is 6.38. The van der Waals surface area contributed by atoms with Crippen LogP contribution in [-0.2, 0) is 9.59 Å². The number of carboxylic acid groups (broad SMARTS) is 1. The van der Waals surface area contributed by atoms with Gasteiger partial charge in [-0.05, 0) is 50.4 Å². The first-order valence-electron chi connectivity index (χ1n) is 7.09. The third-order valence-corrected chi connectivity index (χ3v) is 4.91. The molecule has 0 saturated heterocycles. The molecular weight excluding hydrogens is 230 g/mol. The molecule has 3 aliphatic rings. The molecule has 1 amide bonds. The van der Waals surface area contributed by atoms with Crippen LogP contribution in [0.15, 0.2) is 0 Å². The number of carbonyl (C=O) groups is 2. The smallest absolute Gasteiger partial charge is 0.307 e. The van der Waals surface area contributed by atoms with Crippen molar-refractivity contribution in [3.05, 3.63) is 0 Å². The Morgan fingerprint density at radius 3 is 1.83 bits per heavy atom. The summed E-state index contributed by atoms with van der Waals surface area (Å²) in [6.45, 7) is 0. The van der Waals surface area contributed by atoms with Gasteiger partial charge in [0, 0.05) is 13.1 Å². The molecule has 3 saturated carbocycles. The maximum atomic E-state index is 12.4. The van der Waals surface area contributed by atoms with E-state index in [0.717, 1.165) is 6.42 Å². The Bertz CT molecular complexity index is 361. The highest BCUT2D eigenvalue weighted by Crippen LogP contribution is 2.48. The largest absolute Gasteiger partial charge is 0.481 e. The van der Waals surface area contributed by atoms with Crippen LogP contribution in [0.5, 0.6) is 0 Å². The Hall–Kier alpha value is -1.06. The van der Waals surface area contributed by atoms with Crippen molar-refractivity contribution in [2.75, 3.05) is 7.05 Å². The van der Waals surface area contributed by atoms with Crippen LogP contribution in [0, 0.1) is 23.7 Å². The molecule has 0 bridgehead atoms. The van der Waals surface area contributed by atoms with Gasteiger partial charge in [-0.1, -0.05) is 0 Å². The van der Waals surface area contributed by atoms with Crippen molar-refractivity contribution < 1.29 is 14.7 Å². The third-order valence-electron chi connectivity index (χ3n) is 4.91. The highest BCUT2D eigenvalue weighted by Gasteiger charge is 2.49. The van der Waals surface area contributed by atoms with Crippen LogP contribution < -0.4 is 0 Å². The zero-order chi connectivity index (χ0) is 12.9. The molecule has 3 aliphatic carbocycles. The molecule has 1 N–H and O–H groups in total. The SMILES string of the molecule is CN(C(=O)C1CCC1C(=O)O)C(C1CC1)C1CC1. The lowest BCUT2D eigenvalue weighted by Crippen LogP contribution is -2.49. The normalized spacial score (nSPS) is 31.0. The monoisotopic (exact) mass is 251 g/mol. The molecule has 0 radical (unpaired) electrons. The summed E-state index contributed by atoms with van der Waals surface area (Å²) in [5.41, 5.74) is 0. The van der Waals surface area contributed by atoms with Gasteiger partial charge < -0.3 is 10.0 Å². The van der Waals surface area contributed by atoms with Gasteiger partial charge in [-0.2, -0.15) is 0 Å². The van der Waals surface area contributed by atoms with Crippen molar-refractivity contribution in [2.45, 2.75) is 44.6 Å². The van der Waals surface area contributed by atoms with E-state index in [1.165, 1.54) is 25.7 Å². The molecule has 3 fully saturated rings. The number of aliphatic carboxylic acids is 1. The van der Waals surface area contributed by atoms with Crippen molar-refractivity contribution in [1.29, 1.82) is 0 Å². The van der Waals surface area contributed by atoms with Crippen molar-refractivity contribution >= 4 is 11.9 Å². The summed E-state index contributed by atoms with van der Waals surface area (Å²) in [5, 5.41) is 9.05. The number of rotatable bonds is 5. The fraction of sp³-hybridized carbons (Fsp3) is 0.857. The topological polar surface area (TPSA) is 57.6 Å². The Morgan fingerprint density at radius 1 is 1.00 bits per heavy atom. The number of nitrogens with zero attached hydrogens (tertiary/aromatic N) is 1. The highest BCUT2D eigenvalue weighted by atomic mass is 16.4. The predicted octanol–water partition coefficient (Wildman–Crippen LogP) is 1.74. The molecule has 0 heterocycles. The number of hydrogen-bond acceptors (Lipinski definition) is 2. The van der Waals surface area contributed by atoms with E-state index in [1.807, 2.05) is 11.9 Å². The van der Waals surface area contributed by atoms with Crippen LogP contribution in [0.2, 0.25) is 0 Å². The molecule has 0 aliphatic heterocycles.